The molecule has 112 valence electrons. The van der Waals surface area contributed by atoms with E-state index in [9.17, 15) is 0 Å². The molecule has 0 saturated carbocycles. The van der Waals surface area contributed by atoms with Gasteiger partial charge in [0.05, 0.1) is 5.69 Å². The van der Waals surface area contributed by atoms with Gasteiger partial charge in [0.25, 0.3) is 0 Å². The van der Waals surface area contributed by atoms with Gasteiger partial charge in [0, 0.05) is 18.2 Å². The Balaban J connectivity index is 2.30. The summed E-state index contributed by atoms with van der Waals surface area (Å²) < 4.78 is 5.36. The quantitative estimate of drug-likeness (QED) is 0.735. The minimum atomic E-state index is 0.385. The maximum absolute atomic E-state index is 6.10. The van der Waals surface area contributed by atoms with Gasteiger partial charge in [-0.1, -0.05) is 43.6 Å². The van der Waals surface area contributed by atoms with Crippen LogP contribution in [0.5, 0.6) is 0 Å². The topological polar surface area (TPSA) is 35.0 Å². The lowest BCUT2D eigenvalue weighted by molar-refractivity contribution is 0.128. The number of hydrogen-bond donors (Lipinski definition) is 0. The first-order chi connectivity index (χ1) is 10.1. The van der Waals surface area contributed by atoms with Crippen molar-refractivity contribution in [1.29, 1.82) is 0 Å². The fourth-order valence-electron chi connectivity index (χ4n) is 2.20. The molecule has 0 saturated heterocycles. The Labute approximate surface area is 131 Å². The molecule has 2 rings (SSSR count). The largest absolute Gasteiger partial charge is 0.374 e. The van der Waals surface area contributed by atoms with Crippen molar-refractivity contribution < 1.29 is 4.74 Å². The fourth-order valence-corrected chi connectivity index (χ4v) is 2.40. The number of ether oxygens (including phenoxy) is 1. The van der Waals surface area contributed by atoms with E-state index in [1.807, 2.05) is 13.0 Å². The molecule has 0 aliphatic carbocycles. The number of halogens is 1. The zero-order valence-corrected chi connectivity index (χ0v) is 13.5. The lowest BCUT2D eigenvalue weighted by Crippen LogP contribution is -2.01. The minimum Gasteiger partial charge on any atom is -0.374 e. The predicted octanol–water partition coefficient (Wildman–Crippen LogP) is 4.53. The second-order valence-electron chi connectivity index (χ2n) is 5.43. The fraction of sp³-hybridized carbons (Fsp3) is 0.412. The molecule has 0 aliphatic rings. The van der Waals surface area contributed by atoms with Crippen LogP contribution in [0.4, 0.5) is 0 Å². The van der Waals surface area contributed by atoms with Crippen molar-refractivity contribution in [2.75, 3.05) is 6.61 Å². The summed E-state index contributed by atoms with van der Waals surface area (Å²) in [5.74, 6) is 1.25. The van der Waals surface area contributed by atoms with Crippen LogP contribution < -0.4 is 0 Å². The minimum absolute atomic E-state index is 0.385. The maximum atomic E-state index is 6.10. The predicted molar refractivity (Wildman–Crippen MR) is 86.4 cm³/mol. The van der Waals surface area contributed by atoms with Gasteiger partial charge in [-0.3, -0.25) is 0 Å². The molecule has 0 aliphatic heterocycles. The van der Waals surface area contributed by atoms with E-state index in [1.54, 1.807) is 6.07 Å². The lowest BCUT2D eigenvalue weighted by Gasteiger charge is -2.09. The standard InChI is InChI=1S/C17H21ClN2O/c1-4-21-11-17-19-15(10-16(18)20-17)14-7-5-6-13(9-14)8-12(2)3/h5-7,9-10,12H,4,8,11H2,1-3H3. The Bertz CT molecular complexity index is 599. The average Bonchev–Trinajstić information content (AvgIpc) is 2.44. The molecule has 2 aromatic rings. The summed E-state index contributed by atoms with van der Waals surface area (Å²) in [7, 11) is 0. The van der Waals surface area contributed by atoms with Crippen LogP contribution in [-0.2, 0) is 17.8 Å². The van der Waals surface area contributed by atoms with Gasteiger partial charge in [0.2, 0.25) is 0 Å². The number of nitrogens with zero attached hydrogens (tertiary/aromatic N) is 2. The van der Waals surface area contributed by atoms with Crippen molar-refractivity contribution >= 4 is 11.6 Å². The number of hydrogen-bond acceptors (Lipinski definition) is 3. The van der Waals surface area contributed by atoms with Gasteiger partial charge in [-0.2, -0.15) is 0 Å². The van der Waals surface area contributed by atoms with Crippen molar-refractivity contribution in [3.05, 3.63) is 46.9 Å². The van der Waals surface area contributed by atoms with Crippen LogP contribution in [0, 0.1) is 5.92 Å². The molecule has 0 atom stereocenters. The van der Waals surface area contributed by atoms with Crippen molar-refractivity contribution in [1.82, 2.24) is 9.97 Å². The van der Waals surface area contributed by atoms with E-state index < -0.39 is 0 Å². The molecule has 0 amide bonds. The van der Waals surface area contributed by atoms with E-state index in [-0.39, 0.29) is 0 Å². The molecule has 1 aromatic heterocycles. The maximum Gasteiger partial charge on any atom is 0.156 e. The molecule has 0 unspecified atom stereocenters. The third-order valence-electron chi connectivity index (χ3n) is 3.04. The second-order valence-corrected chi connectivity index (χ2v) is 5.81. The SMILES string of the molecule is CCOCc1nc(Cl)cc(-c2cccc(CC(C)C)c2)n1. The summed E-state index contributed by atoms with van der Waals surface area (Å²) >= 11 is 6.10. The summed E-state index contributed by atoms with van der Waals surface area (Å²) in [6.45, 7) is 7.40. The first kappa shape index (κ1) is 15.9. The molecule has 3 nitrogen and oxygen atoms in total. The molecule has 1 aromatic carbocycles. The Morgan fingerprint density at radius 3 is 2.71 bits per heavy atom. The van der Waals surface area contributed by atoms with Crippen molar-refractivity contribution in [3.63, 3.8) is 0 Å². The smallest absolute Gasteiger partial charge is 0.156 e. The van der Waals surface area contributed by atoms with E-state index >= 15 is 0 Å². The first-order valence-corrected chi connectivity index (χ1v) is 7.66. The van der Waals surface area contributed by atoms with E-state index in [0.29, 0.717) is 30.1 Å². The van der Waals surface area contributed by atoms with E-state index in [0.717, 1.165) is 17.7 Å². The number of rotatable bonds is 6. The molecule has 0 bridgehead atoms. The van der Waals surface area contributed by atoms with E-state index in [4.69, 9.17) is 16.3 Å². The summed E-state index contributed by atoms with van der Waals surface area (Å²) in [5, 5.41) is 0.448. The van der Waals surface area contributed by atoms with Gasteiger partial charge in [-0.25, -0.2) is 9.97 Å². The van der Waals surface area contributed by atoms with Crippen molar-refractivity contribution in [2.24, 2.45) is 5.92 Å². The van der Waals surface area contributed by atoms with Gasteiger partial charge < -0.3 is 4.74 Å². The highest BCUT2D eigenvalue weighted by Gasteiger charge is 2.07. The van der Waals surface area contributed by atoms with Crippen molar-refractivity contribution in [3.8, 4) is 11.3 Å². The van der Waals surface area contributed by atoms with Crippen LogP contribution in [0.2, 0.25) is 5.15 Å². The Morgan fingerprint density at radius 2 is 2.00 bits per heavy atom. The Morgan fingerprint density at radius 1 is 1.19 bits per heavy atom. The zero-order valence-electron chi connectivity index (χ0n) is 12.8. The molecule has 1 heterocycles. The number of aromatic nitrogens is 2. The van der Waals surface area contributed by atoms with Gasteiger partial charge in [0.15, 0.2) is 5.82 Å². The highest BCUT2D eigenvalue weighted by molar-refractivity contribution is 6.29. The van der Waals surface area contributed by atoms with Gasteiger partial charge >= 0.3 is 0 Å². The zero-order chi connectivity index (χ0) is 15.2. The summed E-state index contributed by atoms with van der Waals surface area (Å²) in [6.07, 6.45) is 1.05. The van der Waals surface area contributed by atoms with E-state index in [2.05, 4.69) is 42.0 Å². The summed E-state index contributed by atoms with van der Waals surface area (Å²) in [5.41, 5.74) is 3.22. The monoisotopic (exact) mass is 304 g/mol. The molecule has 0 fully saturated rings. The van der Waals surface area contributed by atoms with Crippen LogP contribution in [-0.4, -0.2) is 16.6 Å². The third kappa shape index (κ3) is 4.80. The van der Waals surface area contributed by atoms with Gasteiger partial charge in [0.1, 0.15) is 11.8 Å². The van der Waals surface area contributed by atoms with E-state index in [1.165, 1.54) is 5.56 Å². The lowest BCUT2D eigenvalue weighted by atomic mass is 10.00. The van der Waals surface area contributed by atoms with Gasteiger partial charge in [-0.15, -0.1) is 0 Å². The van der Waals surface area contributed by atoms with Crippen LogP contribution in [0.25, 0.3) is 11.3 Å². The number of benzene rings is 1. The van der Waals surface area contributed by atoms with Crippen LogP contribution in [0.15, 0.2) is 30.3 Å². The Kier molecular flexibility index (Phi) is 5.71. The average molecular weight is 305 g/mol. The van der Waals surface area contributed by atoms with Crippen molar-refractivity contribution in [2.45, 2.75) is 33.8 Å². The highest BCUT2D eigenvalue weighted by atomic mass is 35.5. The highest BCUT2D eigenvalue weighted by Crippen LogP contribution is 2.22. The van der Waals surface area contributed by atoms with Crippen LogP contribution in [0.1, 0.15) is 32.2 Å². The normalized spacial score (nSPS) is 11.1. The molecule has 4 heteroatoms. The third-order valence-corrected chi connectivity index (χ3v) is 3.24. The summed E-state index contributed by atoms with van der Waals surface area (Å²) in [4.78, 5) is 8.74. The molecule has 0 spiro atoms. The molecule has 21 heavy (non-hydrogen) atoms. The molecular weight excluding hydrogens is 284 g/mol. The Hall–Kier alpha value is -1.45. The van der Waals surface area contributed by atoms with Gasteiger partial charge in [-0.05, 0) is 30.9 Å². The molecular formula is C17H21ClN2O. The molecule has 0 N–H and O–H groups in total. The molecule has 0 radical (unpaired) electrons. The first-order valence-electron chi connectivity index (χ1n) is 7.29. The summed E-state index contributed by atoms with van der Waals surface area (Å²) in [6, 6.07) is 10.2. The van der Waals surface area contributed by atoms with Crippen LogP contribution in [0.3, 0.4) is 0 Å². The van der Waals surface area contributed by atoms with Crippen LogP contribution >= 0.6 is 11.6 Å². The second kappa shape index (κ2) is 7.53.